The van der Waals surface area contributed by atoms with Gasteiger partial charge in [-0.05, 0) is 26.0 Å². The number of hydrogen-bond acceptors (Lipinski definition) is 4. The van der Waals surface area contributed by atoms with Crippen molar-refractivity contribution in [3.63, 3.8) is 0 Å². The summed E-state index contributed by atoms with van der Waals surface area (Å²) in [6, 6.07) is 13.4. The number of nitrogens with zero attached hydrogens (tertiary/aromatic N) is 2. The normalized spacial score (nSPS) is 10.7. The van der Waals surface area contributed by atoms with E-state index < -0.39 is 0 Å². The first-order valence-corrected chi connectivity index (χ1v) is 6.41. The second-order valence-electron chi connectivity index (χ2n) is 4.70. The summed E-state index contributed by atoms with van der Waals surface area (Å²) in [5, 5.41) is 1.95. The summed E-state index contributed by atoms with van der Waals surface area (Å²) in [5.74, 6) is 1.98. The van der Waals surface area contributed by atoms with Gasteiger partial charge in [0.05, 0.1) is 0 Å². The second-order valence-corrected chi connectivity index (χ2v) is 4.70. The molecule has 4 heteroatoms. The average Bonchev–Trinajstić information content (AvgIpc) is 2.41. The number of anilines is 1. The molecule has 100 valence electrons. The Bertz CT molecular complexity index is 764. The lowest BCUT2D eigenvalue weighted by Crippen LogP contribution is -1.96. The molecule has 0 aliphatic carbocycles. The van der Waals surface area contributed by atoms with Gasteiger partial charge in [-0.25, -0.2) is 4.98 Å². The summed E-state index contributed by atoms with van der Waals surface area (Å²) in [7, 11) is 0. The molecule has 0 unspecified atom stereocenters. The highest BCUT2D eigenvalue weighted by Crippen LogP contribution is 2.32. The van der Waals surface area contributed by atoms with Crippen LogP contribution >= 0.6 is 0 Å². The van der Waals surface area contributed by atoms with Crippen LogP contribution in [0.25, 0.3) is 10.8 Å². The van der Waals surface area contributed by atoms with Gasteiger partial charge < -0.3 is 10.5 Å². The van der Waals surface area contributed by atoms with E-state index >= 15 is 0 Å². The van der Waals surface area contributed by atoms with E-state index in [1.54, 1.807) is 0 Å². The van der Waals surface area contributed by atoms with Crippen molar-refractivity contribution in [2.24, 2.45) is 0 Å². The molecule has 1 aromatic heterocycles. The van der Waals surface area contributed by atoms with E-state index in [4.69, 9.17) is 10.5 Å². The van der Waals surface area contributed by atoms with Gasteiger partial charge in [-0.2, -0.15) is 4.98 Å². The summed E-state index contributed by atoms with van der Waals surface area (Å²) in [6.45, 7) is 3.77. The Labute approximate surface area is 117 Å². The van der Waals surface area contributed by atoms with Crippen LogP contribution in [-0.2, 0) is 0 Å². The lowest BCUT2D eigenvalue weighted by Gasteiger charge is -2.10. The quantitative estimate of drug-likeness (QED) is 0.719. The van der Waals surface area contributed by atoms with E-state index in [1.807, 2.05) is 56.3 Å². The number of nitrogens with two attached hydrogens (primary N) is 1. The third-order valence-corrected chi connectivity index (χ3v) is 3.07. The molecule has 0 radical (unpaired) electrons. The smallest absolute Gasteiger partial charge is 0.222 e. The Kier molecular flexibility index (Phi) is 2.99. The van der Waals surface area contributed by atoms with Crippen molar-refractivity contribution in [3.8, 4) is 11.6 Å². The molecule has 4 nitrogen and oxygen atoms in total. The first-order valence-electron chi connectivity index (χ1n) is 6.41. The molecule has 0 amide bonds. The molecule has 0 aliphatic rings. The fourth-order valence-corrected chi connectivity index (χ4v) is 2.23. The summed E-state index contributed by atoms with van der Waals surface area (Å²) in [4.78, 5) is 8.54. The topological polar surface area (TPSA) is 61.0 Å². The Morgan fingerprint density at radius 1 is 0.950 bits per heavy atom. The minimum absolute atomic E-state index is 0.546. The lowest BCUT2D eigenvalue weighted by molar-refractivity contribution is 0.464. The largest absolute Gasteiger partial charge is 0.438 e. The summed E-state index contributed by atoms with van der Waals surface area (Å²) in [6.07, 6.45) is 0. The van der Waals surface area contributed by atoms with Crippen molar-refractivity contribution in [1.29, 1.82) is 0 Å². The van der Waals surface area contributed by atoms with Crippen LogP contribution in [0, 0.1) is 13.8 Å². The molecule has 0 spiro atoms. The minimum Gasteiger partial charge on any atom is -0.438 e. The molecule has 0 saturated carbocycles. The molecular formula is C16H15N3O. The zero-order valence-corrected chi connectivity index (χ0v) is 11.4. The fraction of sp³-hybridized carbons (Fsp3) is 0.125. The molecule has 0 aliphatic heterocycles. The Morgan fingerprint density at radius 3 is 2.45 bits per heavy atom. The number of fused-ring (bicyclic) bond motifs is 1. The SMILES string of the molecule is Cc1cc(Oc2ccc(N)c3ccccc23)nc(C)n1. The molecule has 2 N–H and O–H groups in total. The molecule has 0 atom stereocenters. The van der Waals surface area contributed by atoms with E-state index in [0.29, 0.717) is 11.7 Å². The van der Waals surface area contributed by atoms with Crippen LogP contribution in [-0.4, -0.2) is 9.97 Å². The summed E-state index contributed by atoms with van der Waals surface area (Å²) >= 11 is 0. The van der Waals surface area contributed by atoms with E-state index in [2.05, 4.69) is 9.97 Å². The van der Waals surface area contributed by atoms with Crippen LogP contribution in [0.5, 0.6) is 11.6 Å². The number of benzene rings is 2. The van der Waals surface area contributed by atoms with Gasteiger partial charge in [0, 0.05) is 28.2 Å². The number of ether oxygens (including phenoxy) is 1. The Balaban J connectivity index is 2.09. The summed E-state index contributed by atoms with van der Waals surface area (Å²) in [5.41, 5.74) is 7.61. The fourth-order valence-electron chi connectivity index (χ4n) is 2.23. The minimum atomic E-state index is 0.546. The van der Waals surface area contributed by atoms with Crippen molar-refractivity contribution in [3.05, 3.63) is 54.0 Å². The van der Waals surface area contributed by atoms with E-state index in [0.717, 1.165) is 27.9 Å². The van der Waals surface area contributed by atoms with Crippen LogP contribution in [0.2, 0.25) is 0 Å². The van der Waals surface area contributed by atoms with Gasteiger partial charge in [0.1, 0.15) is 11.6 Å². The highest BCUT2D eigenvalue weighted by atomic mass is 16.5. The molecule has 20 heavy (non-hydrogen) atoms. The monoisotopic (exact) mass is 265 g/mol. The van der Waals surface area contributed by atoms with Crippen molar-refractivity contribution < 1.29 is 4.74 Å². The number of aryl methyl sites for hydroxylation is 2. The van der Waals surface area contributed by atoms with Crippen LogP contribution in [0.4, 0.5) is 5.69 Å². The predicted octanol–water partition coefficient (Wildman–Crippen LogP) is 3.62. The zero-order valence-electron chi connectivity index (χ0n) is 11.4. The molecule has 3 aromatic rings. The van der Waals surface area contributed by atoms with Gasteiger partial charge in [0.15, 0.2) is 0 Å². The van der Waals surface area contributed by atoms with Crippen molar-refractivity contribution >= 4 is 16.5 Å². The third kappa shape index (κ3) is 2.28. The van der Waals surface area contributed by atoms with Crippen LogP contribution < -0.4 is 10.5 Å². The maximum atomic E-state index is 5.99. The molecule has 0 bridgehead atoms. The van der Waals surface area contributed by atoms with Crippen LogP contribution in [0.3, 0.4) is 0 Å². The number of hydrogen-bond donors (Lipinski definition) is 1. The standard InChI is InChI=1S/C16H15N3O/c1-10-9-16(19-11(2)18-10)20-15-8-7-14(17)12-5-3-4-6-13(12)15/h3-9H,17H2,1-2H3. The zero-order chi connectivity index (χ0) is 14.1. The van der Waals surface area contributed by atoms with Crippen molar-refractivity contribution in [2.75, 3.05) is 5.73 Å². The lowest BCUT2D eigenvalue weighted by atomic mass is 10.1. The Morgan fingerprint density at radius 2 is 1.70 bits per heavy atom. The average molecular weight is 265 g/mol. The molecule has 1 heterocycles. The van der Waals surface area contributed by atoms with E-state index in [-0.39, 0.29) is 0 Å². The number of nitrogen functional groups attached to an aromatic ring is 1. The second kappa shape index (κ2) is 4.81. The highest BCUT2D eigenvalue weighted by molar-refractivity contribution is 5.97. The van der Waals surface area contributed by atoms with E-state index in [9.17, 15) is 0 Å². The van der Waals surface area contributed by atoms with Gasteiger partial charge in [-0.15, -0.1) is 0 Å². The van der Waals surface area contributed by atoms with E-state index in [1.165, 1.54) is 0 Å². The van der Waals surface area contributed by atoms with Gasteiger partial charge in [0.25, 0.3) is 0 Å². The first kappa shape index (κ1) is 12.4. The van der Waals surface area contributed by atoms with Gasteiger partial charge >= 0.3 is 0 Å². The number of aromatic nitrogens is 2. The Hall–Kier alpha value is -2.62. The summed E-state index contributed by atoms with van der Waals surface area (Å²) < 4.78 is 5.90. The molecular weight excluding hydrogens is 250 g/mol. The van der Waals surface area contributed by atoms with Crippen molar-refractivity contribution in [1.82, 2.24) is 9.97 Å². The molecule has 0 fully saturated rings. The molecule has 2 aromatic carbocycles. The predicted molar refractivity (Wildman–Crippen MR) is 79.9 cm³/mol. The highest BCUT2D eigenvalue weighted by Gasteiger charge is 2.07. The van der Waals surface area contributed by atoms with Gasteiger partial charge in [-0.3, -0.25) is 0 Å². The van der Waals surface area contributed by atoms with Crippen molar-refractivity contribution in [2.45, 2.75) is 13.8 Å². The number of rotatable bonds is 2. The van der Waals surface area contributed by atoms with Crippen LogP contribution in [0.1, 0.15) is 11.5 Å². The molecule has 0 saturated heterocycles. The molecule has 3 rings (SSSR count). The van der Waals surface area contributed by atoms with Gasteiger partial charge in [0.2, 0.25) is 5.88 Å². The maximum absolute atomic E-state index is 5.99. The maximum Gasteiger partial charge on any atom is 0.222 e. The first-order chi connectivity index (χ1) is 9.63. The van der Waals surface area contributed by atoms with Crippen LogP contribution in [0.15, 0.2) is 42.5 Å². The third-order valence-electron chi connectivity index (χ3n) is 3.07. The van der Waals surface area contributed by atoms with Gasteiger partial charge in [-0.1, -0.05) is 24.3 Å².